The average molecular weight is 330 g/mol. The van der Waals surface area contributed by atoms with Crippen LogP contribution in [0.4, 0.5) is 0 Å². The lowest BCUT2D eigenvalue weighted by atomic mass is 9.94. The first-order valence-corrected chi connectivity index (χ1v) is 8.99. The van der Waals surface area contributed by atoms with Gasteiger partial charge in [-0.2, -0.15) is 0 Å². The second kappa shape index (κ2) is 5.33. The number of likely N-dealkylation sites (tertiary alicyclic amines) is 1. The maximum atomic E-state index is 12.6. The molecule has 6 heteroatoms. The Hall–Kier alpha value is -1.85. The van der Waals surface area contributed by atoms with Crippen molar-refractivity contribution >= 4 is 11.6 Å². The molecule has 3 aliphatic rings. The first-order valence-electron chi connectivity index (χ1n) is 8.99. The van der Waals surface area contributed by atoms with Gasteiger partial charge in [-0.15, -0.1) is 0 Å². The largest absolute Gasteiger partial charge is 0.389 e. The summed E-state index contributed by atoms with van der Waals surface area (Å²) in [7, 11) is 0. The number of aromatic nitrogens is 2. The third-order valence-corrected chi connectivity index (χ3v) is 5.97. The summed E-state index contributed by atoms with van der Waals surface area (Å²) >= 11 is 0. The number of carbonyl (C=O) groups is 1. The minimum atomic E-state index is -0.120. The Morgan fingerprint density at radius 1 is 1.42 bits per heavy atom. The lowest BCUT2D eigenvalue weighted by Gasteiger charge is -2.20. The van der Waals surface area contributed by atoms with Crippen molar-refractivity contribution in [1.82, 2.24) is 14.5 Å². The standard InChI is InChI=1S/C18H26N4O2/c1-5-18(4)6-14(20-24-18)16-12-7-21(8-13(12)16)17(23)15-9-22(10-19-15)11(2)3/h9-13,16H,5-8H2,1-4H3/t12-,13+,16?,18-/m1/s1. The van der Waals surface area contributed by atoms with Crippen LogP contribution in [0.3, 0.4) is 0 Å². The van der Waals surface area contributed by atoms with Gasteiger partial charge >= 0.3 is 0 Å². The second-order valence-electron chi connectivity index (χ2n) is 8.02. The molecule has 130 valence electrons. The van der Waals surface area contributed by atoms with E-state index < -0.39 is 0 Å². The Balaban J connectivity index is 1.36. The number of hydrogen-bond donors (Lipinski definition) is 0. The number of hydrogen-bond acceptors (Lipinski definition) is 4. The van der Waals surface area contributed by atoms with Gasteiger partial charge in [0.1, 0.15) is 11.3 Å². The number of oxime groups is 1. The summed E-state index contributed by atoms with van der Waals surface area (Å²) in [5.41, 5.74) is 1.65. The highest BCUT2D eigenvalue weighted by Gasteiger charge is 2.60. The third kappa shape index (κ3) is 2.43. The van der Waals surface area contributed by atoms with Crippen LogP contribution in [0, 0.1) is 17.8 Å². The molecule has 2 fully saturated rings. The molecule has 6 nitrogen and oxygen atoms in total. The number of carbonyl (C=O) groups excluding carboxylic acids is 1. The molecule has 1 aromatic rings. The zero-order chi connectivity index (χ0) is 17.1. The molecule has 4 atom stereocenters. The lowest BCUT2D eigenvalue weighted by molar-refractivity contribution is -0.00605. The summed E-state index contributed by atoms with van der Waals surface area (Å²) in [5.74, 6) is 1.70. The van der Waals surface area contributed by atoms with Crippen LogP contribution in [0.2, 0.25) is 0 Å². The highest BCUT2D eigenvalue weighted by molar-refractivity contribution is 5.94. The van der Waals surface area contributed by atoms with Gasteiger partial charge in [0.05, 0.1) is 12.0 Å². The van der Waals surface area contributed by atoms with E-state index in [9.17, 15) is 4.79 Å². The first-order chi connectivity index (χ1) is 11.4. The number of fused-ring (bicyclic) bond motifs is 1. The fraction of sp³-hybridized carbons (Fsp3) is 0.722. The summed E-state index contributed by atoms with van der Waals surface area (Å²) in [6.45, 7) is 10.1. The highest BCUT2D eigenvalue weighted by atomic mass is 16.7. The van der Waals surface area contributed by atoms with Crippen LogP contribution in [-0.4, -0.2) is 44.8 Å². The van der Waals surface area contributed by atoms with Gasteiger partial charge in [-0.25, -0.2) is 4.98 Å². The van der Waals surface area contributed by atoms with Crippen LogP contribution in [0.5, 0.6) is 0 Å². The fourth-order valence-electron chi connectivity index (χ4n) is 4.06. The van der Waals surface area contributed by atoms with E-state index in [2.05, 4.69) is 37.8 Å². The van der Waals surface area contributed by atoms with Gasteiger partial charge in [0.2, 0.25) is 0 Å². The van der Waals surface area contributed by atoms with Crippen molar-refractivity contribution in [3.05, 3.63) is 18.2 Å². The van der Waals surface area contributed by atoms with Crippen molar-refractivity contribution in [2.45, 2.75) is 52.2 Å². The maximum absolute atomic E-state index is 12.6. The summed E-state index contributed by atoms with van der Waals surface area (Å²) < 4.78 is 1.98. The van der Waals surface area contributed by atoms with Crippen LogP contribution in [0.25, 0.3) is 0 Å². The minimum Gasteiger partial charge on any atom is -0.389 e. The Morgan fingerprint density at radius 3 is 2.67 bits per heavy atom. The van der Waals surface area contributed by atoms with Gasteiger partial charge in [0.25, 0.3) is 5.91 Å². The van der Waals surface area contributed by atoms with Crippen molar-refractivity contribution < 1.29 is 9.63 Å². The minimum absolute atomic E-state index is 0.0587. The van der Waals surface area contributed by atoms with E-state index in [0.717, 1.165) is 25.9 Å². The molecule has 0 bridgehead atoms. The highest BCUT2D eigenvalue weighted by Crippen LogP contribution is 2.54. The second-order valence-corrected chi connectivity index (χ2v) is 8.02. The van der Waals surface area contributed by atoms with Crippen molar-refractivity contribution in [3.8, 4) is 0 Å². The van der Waals surface area contributed by atoms with Crippen molar-refractivity contribution in [2.24, 2.45) is 22.9 Å². The van der Waals surface area contributed by atoms with Gasteiger partial charge in [-0.3, -0.25) is 4.79 Å². The molecule has 1 aliphatic carbocycles. The molecular weight excluding hydrogens is 304 g/mol. The first kappa shape index (κ1) is 15.7. The molecule has 1 aromatic heterocycles. The molecule has 1 unspecified atom stereocenters. The Bertz CT molecular complexity index is 683. The molecule has 0 N–H and O–H groups in total. The molecule has 0 aromatic carbocycles. The summed E-state index contributed by atoms with van der Waals surface area (Å²) in [6.07, 6.45) is 5.52. The SMILES string of the molecule is CC[C@]1(C)CC(C2[C@H]3CN(C(=O)c4cn(C(C)C)cn4)C[C@@H]23)=NO1. The summed E-state index contributed by atoms with van der Waals surface area (Å²) in [5, 5.41) is 4.35. The van der Waals surface area contributed by atoms with Gasteiger partial charge in [0, 0.05) is 37.7 Å². The van der Waals surface area contributed by atoms with Crippen molar-refractivity contribution in [3.63, 3.8) is 0 Å². The predicted octanol–water partition coefficient (Wildman–Crippen LogP) is 2.73. The number of nitrogens with zero attached hydrogens (tertiary/aromatic N) is 4. The van der Waals surface area contributed by atoms with E-state index in [1.165, 1.54) is 5.71 Å². The fourth-order valence-corrected chi connectivity index (χ4v) is 4.06. The van der Waals surface area contributed by atoms with Crippen molar-refractivity contribution in [1.29, 1.82) is 0 Å². The number of amides is 1. The van der Waals surface area contributed by atoms with Gasteiger partial charge in [-0.1, -0.05) is 12.1 Å². The van der Waals surface area contributed by atoms with E-state index in [1.54, 1.807) is 6.33 Å². The van der Waals surface area contributed by atoms with E-state index >= 15 is 0 Å². The van der Waals surface area contributed by atoms with Crippen LogP contribution in [0.15, 0.2) is 17.7 Å². The van der Waals surface area contributed by atoms with E-state index in [1.807, 2.05) is 15.7 Å². The zero-order valence-corrected chi connectivity index (χ0v) is 14.9. The average Bonchev–Trinajstić information content (AvgIpc) is 3.05. The zero-order valence-electron chi connectivity index (χ0n) is 14.9. The molecule has 1 saturated carbocycles. The molecule has 0 spiro atoms. The third-order valence-electron chi connectivity index (χ3n) is 5.97. The summed E-state index contributed by atoms with van der Waals surface area (Å²) in [6, 6.07) is 0.323. The van der Waals surface area contributed by atoms with E-state index in [4.69, 9.17) is 4.84 Å². The van der Waals surface area contributed by atoms with Gasteiger partial charge in [0.15, 0.2) is 0 Å². The Kier molecular flexibility index (Phi) is 3.48. The Labute approximate surface area is 142 Å². The molecule has 24 heavy (non-hydrogen) atoms. The molecule has 2 aliphatic heterocycles. The smallest absolute Gasteiger partial charge is 0.274 e. The van der Waals surface area contributed by atoms with Crippen LogP contribution >= 0.6 is 0 Å². The van der Waals surface area contributed by atoms with Gasteiger partial charge < -0.3 is 14.3 Å². The predicted molar refractivity (Wildman–Crippen MR) is 90.8 cm³/mol. The summed E-state index contributed by atoms with van der Waals surface area (Å²) in [4.78, 5) is 24.5. The topological polar surface area (TPSA) is 59.7 Å². The Morgan fingerprint density at radius 2 is 2.12 bits per heavy atom. The van der Waals surface area contributed by atoms with Crippen LogP contribution < -0.4 is 0 Å². The lowest BCUT2D eigenvalue weighted by Crippen LogP contribution is -2.33. The molecule has 0 radical (unpaired) electrons. The van der Waals surface area contributed by atoms with Crippen LogP contribution in [-0.2, 0) is 4.84 Å². The van der Waals surface area contributed by atoms with E-state index in [0.29, 0.717) is 29.5 Å². The number of imidazole rings is 1. The molecule has 4 rings (SSSR count). The number of piperidine rings is 1. The van der Waals surface area contributed by atoms with Crippen LogP contribution in [0.1, 0.15) is 57.1 Å². The molecule has 3 heterocycles. The maximum Gasteiger partial charge on any atom is 0.274 e. The van der Waals surface area contributed by atoms with E-state index in [-0.39, 0.29) is 11.5 Å². The molecule has 1 saturated heterocycles. The molecular formula is C18H26N4O2. The quantitative estimate of drug-likeness (QED) is 0.853. The number of rotatable bonds is 4. The van der Waals surface area contributed by atoms with Crippen molar-refractivity contribution in [2.75, 3.05) is 13.1 Å². The van der Waals surface area contributed by atoms with Gasteiger partial charge in [-0.05, 0) is 39.0 Å². The monoisotopic (exact) mass is 330 g/mol. The molecule has 1 amide bonds. The normalized spacial score (nSPS) is 34.3.